The average Bonchev–Trinajstić information content (AvgIpc) is 2.50. The minimum atomic E-state index is -4.54. The number of ketones is 2. The van der Waals surface area contributed by atoms with Crippen molar-refractivity contribution < 1.29 is 22.8 Å². The highest BCUT2D eigenvalue weighted by molar-refractivity contribution is 6.51. The fourth-order valence-corrected chi connectivity index (χ4v) is 2.51. The van der Waals surface area contributed by atoms with Crippen LogP contribution in [0, 0.1) is 0 Å². The van der Waals surface area contributed by atoms with Gasteiger partial charge in [0.05, 0.1) is 5.56 Å². The van der Waals surface area contributed by atoms with Crippen LogP contribution >= 0.6 is 0 Å². The molecule has 1 aliphatic rings. The van der Waals surface area contributed by atoms with Gasteiger partial charge in [-0.3, -0.25) is 9.59 Å². The lowest BCUT2D eigenvalue weighted by atomic mass is 9.84. The Kier molecular flexibility index (Phi) is 3.20. The Labute approximate surface area is 123 Å². The van der Waals surface area contributed by atoms with Crippen LogP contribution in [0.5, 0.6) is 0 Å². The van der Waals surface area contributed by atoms with Crippen LogP contribution in [0.15, 0.2) is 54.6 Å². The van der Waals surface area contributed by atoms with E-state index >= 15 is 0 Å². The summed E-state index contributed by atoms with van der Waals surface area (Å²) in [4.78, 5) is 23.7. The third-order valence-electron chi connectivity index (χ3n) is 3.48. The first-order chi connectivity index (χ1) is 10.4. The van der Waals surface area contributed by atoms with Gasteiger partial charge in [0.15, 0.2) is 0 Å². The minimum Gasteiger partial charge on any atom is -0.286 e. The number of alkyl halides is 3. The van der Waals surface area contributed by atoms with Crippen LogP contribution in [0.25, 0.3) is 5.57 Å². The highest BCUT2D eigenvalue weighted by Gasteiger charge is 2.35. The summed E-state index contributed by atoms with van der Waals surface area (Å²) in [5, 5.41) is 0. The number of carbonyl (C=O) groups excluding carboxylic acids is 2. The molecule has 0 bridgehead atoms. The Morgan fingerprint density at radius 1 is 0.727 bits per heavy atom. The van der Waals surface area contributed by atoms with Gasteiger partial charge in [-0.1, -0.05) is 42.5 Å². The van der Waals surface area contributed by atoms with E-state index in [2.05, 4.69) is 0 Å². The first kappa shape index (κ1) is 14.3. The quantitative estimate of drug-likeness (QED) is 0.749. The normalized spacial score (nSPS) is 14.6. The summed E-state index contributed by atoms with van der Waals surface area (Å²) >= 11 is 0. The highest BCUT2D eigenvalue weighted by atomic mass is 19.4. The van der Waals surface area contributed by atoms with E-state index in [1.807, 2.05) is 0 Å². The molecular formula is C17H9F3O2. The molecule has 0 radical (unpaired) electrons. The van der Waals surface area contributed by atoms with Crippen LogP contribution in [0.1, 0.15) is 27.0 Å². The average molecular weight is 302 g/mol. The summed E-state index contributed by atoms with van der Waals surface area (Å²) in [6.45, 7) is 0. The molecule has 2 nitrogen and oxygen atoms in total. The van der Waals surface area contributed by atoms with Crippen LogP contribution in [-0.2, 0) is 11.0 Å². The second-order valence-electron chi connectivity index (χ2n) is 4.84. The van der Waals surface area contributed by atoms with E-state index in [0.717, 1.165) is 12.1 Å². The lowest BCUT2D eigenvalue weighted by Crippen LogP contribution is -2.20. The van der Waals surface area contributed by atoms with E-state index in [-0.39, 0.29) is 16.7 Å². The van der Waals surface area contributed by atoms with Gasteiger partial charge in [0.25, 0.3) is 0 Å². The Bertz CT molecular complexity index is 817. The first-order valence-corrected chi connectivity index (χ1v) is 6.46. The molecule has 0 saturated heterocycles. The van der Waals surface area contributed by atoms with Crippen molar-refractivity contribution in [3.8, 4) is 0 Å². The number of hydrogen-bond donors (Lipinski definition) is 0. The number of hydrogen-bond acceptors (Lipinski definition) is 2. The molecule has 0 saturated carbocycles. The zero-order valence-corrected chi connectivity index (χ0v) is 11.1. The van der Waals surface area contributed by atoms with E-state index in [1.54, 1.807) is 18.2 Å². The molecule has 3 rings (SSSR count). The number of carbonyl (C=O) groups is 2. The van der Waals surface area contributed by atoms with Gasteiger partial charge < -0.3 is 0 Å². The number of allylic oxidation sites excluding steroid dienone is 1. The van der Waals surface area contributed by atoms with Crippen molar-refractivity contribution in [3.05, 3.63) is 76.9 Å². The maximum Gasteiger partial charge on any atom is 0.417 e. The molecule has 0 unspecified atom stereocenters. The highest BCUT2D eigenvalue weighted by Crippen LogP contribution is 2.39. The monoisotopic (exact) mass is 302 g/mol. The van der Waals surface area contributed by atoms with E-state index in [9.17, 15) is 22.8 Å². The third kappa shape index (κ3) is 2.24. The van der Waals surface area contributed by atoms with E-state index in [1.165, 1.54) is 24.3 Å². The van der Waals surface area contributed by atoms with Gasteiger partial charge in [0.2, 0.25) is 11.6 Å². The smallest absolute Gasteiger partial charge is 0.286 e. The largest absolute Gasteiger partial charge is 0.417 e. The molecule has 0 fully saturated rings. The van der Waals surface area contributed by atoms with Crippen molar-refractivity contribution in [2.45, 2.75) is 6.18 Å². The maximum atomic E-state index is 13.2. The fourth-order valence-electron chi connectivity index (χ4n) is 2.51. The SMILES string of the molecule is O=C1C=C(c2ccccc2C(F)(F)F)c2ccccc2C1=O. The van der Waals surface area contributed by atoms with Crippen LogP contribution in [0.4, 0.5) is 13.2 Å². The second-order valence-corrected chi connectivity index (χ2v) is 4.84. The van der Waals surface area contributed by atoms with Crippen molar-refractivity contribution in [2.24, 2.45) is 0 Å². The molecule has 0 atom stereocenters. The summed E-state index contributed by atoms with van der Waals surface area (Å²) < 4.78 is 39.5. The molecule has 0 heterocycles. The van der Waals surface area contributed by atoms with Crippen molar-refractivity contribution in [2.75, 3.05) is 0 Å². The summed E-state index contributed by atoms with van der Waals surface area (Å²) in [6, 6.07) is 11.2. The van der Waals surface area contributed by atoms with E-state index < -0.39 is 23.3 Å². The molecule has 0 aliphatic heterocycles. The van der Waals surface area contributed by atoms with Crippen LogP contribution < -0.4 is 0 Å². The molecule has 0 amide bonds. The van der Waals surface area contributed by atoms with E-state index in [4.69, 9.17) is 0 Å². The predicted molar refractivity (Wildman–Crippen MR) is 74.3 cm³/mol. The molecule has 22 heavy (non-hydrogen) atoms. The molecule has 5 heteroatoms. The topological polar surface area (TPSA) is 34.1 Å². The van der Waals surface area contributed by atoms with Crippen LogP contribution in [-0.4, -0.2) is 11.6 Å². The number of benzene rings is 2. The van der Waals surface area contributed by atoms with E-state index in [0.29, 0.717) is 5.56 Å². The third-order valence-corrected chi connectivity index (χ3v) is 3.48. The number of Topliss-reactive ketones (excluding diaryl/α,β-unsaturated/α-hetero) is 1. The summed E-state index contributed by atoms with van der Waals surface area (Å²) in [6.07, 6.45) is -3.56. The Morgan fingerprint density at radius 3 is 1.91 bits per heavy atom. The first-order valence-electron chi connectivity index (χ1n) is 6.46. The van der Waals surface area contributed by atoms with Crippen molar-refractivity contribution in [3.63, 3.8) is 0 Å². The number of rotatable bonds is 1. The van der Waals surface area contributed by atoms with Gasteiger partial charge in [-0.2, -0.15) is 13.2 Å². The fraction of sp³-hybridized carbons (Fsp3) is 0.0588. The second kappa shape index (κ2) is 4.94. The summed E-state index contributed by atoms with van der Waals surface area (Å²) in [5.41, 5.74) is -0.361. The van der Waals surface area contributed by atoms with Crippen molar-refractivity contribution in [1.82, 2.24) is 0 Å². The number of halogens is 3. The molecule has 110 valence electrons. The lowest BCUT2D eigenvalue weighted by molar-refractivity contribution is -0.137. The van der Waals surface area contributed by atoms with Gasteiger partial charge in [-0.05, 0) is 28.8 Å². The predicted octanol–water partition coefficient (Wildman–Crippen LogP) is 3.90. The Morgan fingerprint density at radius 2 is 1.27 bits per heavy atom. The van der Waals surface area contributed by atoms with Gasteiger partial charge in [0.1, 0.15) is 0 Å². The maximum absolute atomic E-state index is 13.2. The zero-order chi connectivity index (χ0) is 15.9. The van der Waals surface area contributed by atoms with Crippen molar-refractivity contribution >= 4 is 17.1 Å². The van der Waals surface area contributed by atoms with Crippen molar-refractivity contribution in [1.29, 1.82) is 0 Å². The number of fused-ring (bicyclic) bond motifs is 1. The molecule has 2 aromatic carbocycles. The molecular weight excluding hydrogens is 293 g/mol. The van der Waals surface area contributed by atoms with Crippen LogP contribution in [0.3, 0.4) is 0 Å². The van der Waals surface area contributed by atoms with Gasteiger partial charge >= 0.3 is 6.18 Å². The zero-order valence-electron chi connectivity index (χ0n) is 11.1. The molecule has 0 spiro atoms. The standard InChI is InChI=1S/C17H9F3O2/c18-17(19,20)14-8-4-3-6-11(14)13-9-15(21)16(22)12-7-2-1-5-10(12)13/h1-9H. The molecule has 2 aromatic rings. The molecule has 0 N–H and O–H groups in total. The Balaban J connectivity index is 2.28. The van der Waals surface area contributed by atoms with Gasteiger partial charge in [-0.25, -0.2) is 0 Å². The summed E-state index contributed by atoms with van der Waals surface area (Å²) in [5.74, 6) is -1.52. The van der Waals surface area contributed by atoms with Gasteiger partial charge in [0, 0.05) is 5.56 Å². The van der Waals surface area contributed by atoms with Gasteiger partial charge in [-0.15, -0.1) is 0 Å². The molecule has 0 aromatic heterocycles. The lowest BCUT2D eigenvalue weighted by Gasteiger charge is -2.19. The van der Waals surface area contributed by atoms with Crippen LogP contribution in [0.2, 0.25) is 0 Å². The minimum absolute atomic E-state index is 0.108. The molecule has 1 aliphatic carbocycles. The summed E-state index contributed by atoms with van der Waals surface area (Å²) in [7, 11) is 0. The Hall–Kier alpha value is -2.69.